The van der Waals surface area contributed by atoms with E-state index in [1.54, 1.807) is 25.2 Å². The number of H-pyrrole nitrogens is 1. The number of rotatable bonds is 5. The van der Waals surface area contributed by atoms with Gasteiger partial charge in [0.25, 0.3) is 10.0 Å². The molecule has 0 aliphatic rings. The van der Waals surface area contributed by atoms with Gasteiger partial charge in [-0.05, 0) is 50.2 Å². The minimum atomic E-state index is -3.58. The Balaban J connectivity index is 2.28. The first-order valence-electron chi connectivity index (χ1n) is 6.45. The van der Waals surface area contributed by atoms with Crippen LogP contribution in [0.4, 0.5) is 5.69 Å². The Hall–Kier alpha value is -1.31. The highest BCUT2D eigenvalue weighted by Gasteiger charge is 2.17. The second-order valence-corrected chi connectivity index (χ2v) is 7.40. The zero-order valence-electron chi connectivity index (χ0n) is 12.1. The number of aryl methyl sites for hydroxylation is 2. The fourth-order valence-electron chi connectivity index (χ4n) is 2.09. The minimum absolute atomic E-state index is 0.228. The summed E-state index contributed by atoms with van der Waals surface area (Å²) in [6.45, 7) is 4.44. The van der Waals surface area contributed by atoms with Crippen LogP contribution in [0.5, 0.6) is 0 Å². The van der Waals surface area contributed by atoms with Crippen LogP contribution in [0.25, 0.3) is 0 Å². The monoisotopic (exact) mass is 371 g/mol. The third-order valence-electron chi connectivity index (χ3n) is 3.08. The van der Waals surface area contributed by atoms with Crippen LogP contribution in [-0.4, -0.2) is 20.4 Å². The molecule has 1 aromatic carbocycles. The van der Waals surface area contributed by atoms with Crippen molar-refractivity contribution in [2.75, 3.05) is 11.8 Å². The molecule has 0 radical (unpaired) electrons. The van der Waals surface area contributed by atoms with Crippen molar-refractivity contribution in [2.24, 2.45) is 0 Å². The molecule has 1 heterocycles. The molecule has 0 saturated carbocycles. The summed E-state index contributed by atoms with van der Waals surface area (Å²) in [4.78, 5) is 3.17. The molecule has 0 bridgehead atoms. The van der Waals surface area contributed by atoms with Crippen molar-refractivity contribution >= 4 is 31.6 Å². The van der Waals surface area contributed by atoms with E-state index >= 15 is 0 Å². The lowest BCUT2D eigenvalue weighted by molar-refractivity contribution is 0.601. The lowest BCUT2D eigenvalue weighted by atomic mass is 10.1. The number of hydrogen-bond acceptors (Lipinski definition) is 3. The topological polar surface area (TPSA) is 74.0 Å². The molecular formula is C14H18BrN3O2S. The van der Waals surface area contributed by atoms with Gasteiger partial charge in [-0.1, -0.05) is 15.9 Å². The van der Waals surface area contributed by atoms with Crippen LogP contribution >= 0.6 is 15.9 Å². The summed E-state index contributed by atoms with van der Waals surface area (Å²) >= 11 is 3.47. The van der Waals surface area contributed by atoms with Gasteiger partial charge in [0, 0.05) is 28.6 Å². The zero-order valence-corrected chi connectivity index (χ0v) is 14.5. The summed E-state index contributed by atoms with van der Waals surface area (Å²) in [7, 11) is -1.78. The summed E-state index contributed by atoms with van der Waals surface area (Å²) < 4.78 is 28.3. The van der Waals surface area contributed by atoms with Gasteiger partial charge in [0.15, 0.2) is 0 Å². The zero-order chi connectivity index (χ0) is 15.6. The third kappa shape index (κ3) is 3.66. The van der Waals surface area contributed by atoms with Crippen molar-refractivity contribution in [1.82, 2.24) is 10.3 Å². The van der Waals surface area contributed by atoms with Gasteiger partial charge in [0.1, 0.15) is 4.90 Å². The van der Waals surface area contributed by atoms with Crippen molar-refractivity contribution in [3.8, 4) is 0 Å². The Labute approximate surface area is 133 Å². The minimum Gasteiger partial charge on any atom is -0.363 e. The normalized spacial score (nSPS) is 11.6. The summed E-state index contributed by atoms with van der Waals surface area (Å²) in [6, 6.07) is 5.23. The number of aromatic amines is 1. The van der Waals surface area contributed by atoms with Crippen LogP contribution in [0.3, 0.4) is 0 Å². The molecule has 0 aliphatic carbocycles. The molecule has 1 aromatic heterocycles. The lowest BCUT2D eigenvalue weighted by Crippen LogP contribution is -2.12. The van der Waals surface area contributed by atoms with E-state index in [0.29, 0.717) is 12.2 Å². The summed E-state index contributed by atoms with van der Waals surface area (Å²) in [5, 5.41) is 2.97. The molecule has 114 valence electrons. The first kappa shape index (κ1) is 16.1. The van der Waals surface area contributed by atoms with E-state index in [2.05, 4.69) is 31.0 Å². The molecule has 2 aromatic rings. The van der Waals surface area contributed by atoms with Gasteiger partial charge >= 0.3 is 0 Å². The maximum atomic E-state index is 12.4. The first-order valence-corrected chi connectivity index (χ1v) is 8.72. The molecule has 21 heavy (non-hydrogen) atoms. The predicted molar refractivity (Wildman–Crippen MR) is 88.0 cm³/mol. The van der Waals surface area contributed by atoms with Crippen LogP contribution in [0.15, 0.2) is 33.8 Å². The second kappa shape index (κ2) is 6.21. The molecule has 7 heteroatoms. The number of anilines is 1. The van der Waals surface area contributed by atoms with Crippen LogP contribution in [0.2, 0.25) is 0 Å². The van der Waals surface area contributed by atoms with Gasteiger partial charge in [-0.25, -0.2) is 8.42 Å². The van der Waals surface area contributed by atoms with Crippen LogP contribution in [-0.2, 0) is 16.6 Å². The Morgan fingerprint density at radius 2 is 1.81 bits per heavy atom. The molecule has 0 saturated heterocycles. The van der Waals surface area contributed by atoms with Crippen LogP contribution < -0.4 is 10.0 Å². The average molecular weight is 372 g/mol. The molecule has 5 nitrogen and oxygen atoms in total. The van der Waals surface area contributed by atoms with E-state index in [1.807, 2.05) is 13.8 Å². The van der Waals surface area contributed by atoms with Gasteiger partial charge < -0.3 is 10.3 Å². The predicted octanol–water partition coefficient (Wildman–Crippen LogP) is 2.91. The SMILES string of the molecule is CNCc1cc(S(=O)(=O)Nc2cc(C)c(Br)c(C)c2)c[nH]1. The number of halogens is 1. The average Bonchev–Trinajstić information content (AvgIpc) is 2.85. The Morgan fingerprint density at radius 1 is 1.19 bits per heavy atom. The van der Waals surface area contributed by atoms with Crippen LogP contribution in [0.1, 0.15) is 16.8 Å². The van der Waals surface area contributed by atoms with Gasteiger partial charge in [0.2, 0.25) is 0 Å². The third-order valence-corrected chi connectivity index (χ3v) is 5.69. The van der Waals surface area contributed by atoms with Crippen molar-refractivity contribution in [2.45, 2.75) is 25.3 Å². The molecule has 0 unspecified atom stereocenters. The van der Waals surface area contributed by atoms with E-state index in [4.69, 9.17) is 0 Å². The molecular weight excluding hydrogens is 354 g/mol. The van der Waals surface area contributed by atoms with Crippen molar-refractivity contribution in [3.63, 3.8) is 0 Å². The smallest absolute Gasteiger partial charge is 0.263 e. The van der Waals surface area contributed by atoms with Crippen molar-refractivity contribution in [3.05, 3.63) is 45.7 Å². The summed E-state index contributed by atoms with van der Waals surface area (Å²) in [6.07, 6.45) is 1.49. The number of benzene rings is 1. The van der Waals surface area contributed by atoms with Gasteiger partial charge in [-0.2, -0.15) is 0 Å². The number of aromatic nitrogens is 1. The van der Waals surface area contributed by atoms with E-state index in [1.165, 1.54) is 6.20 Å². The van der Waals surface area contributed by atoms with E-state index in [-0.39, 0.29) is 4.90 Å². The molecule has 2 rings (SSSR count). The lowest BCUT2D eigenvalue weighted by Gasteiger charge is -2.10. The van der Waals surface area contributed by atoms with Gasteiger partial charge in [0.05, 0.1) is 0 Å². The number of nitrogens with one attached hydrogen (secondary N) is 3. The van der Waals surface area contributed by atoms with E-state index < -0.39 is 10.0 Å². The largest absolute Gasteiger partial charge is 0.363 e. The highest BCUT2D eigenvalue weighted by molar-refractivity contribution is 9.10. The van der Waals surface area contributed by atoms with E-state index in [9.17, 15) is 8.42 Å². The van der Waals surface area contributed by atoms with Crippen LogP contribution in [0, 0.1) is 13.8 Å². The molecule has 3 N–H and O–H groups in total. The van der Waals surface area contributed by atoms with E-state index in [0.717, 1.165) is 21.3 Å². The molecule has 0 amide bonds. The fourth-order valence-corrected chi connectivity index (χ4v) is 3.37. The molecule has 0 fully saturated rings. The standard InChI is InChI=1S/C14H18BrN3O2S/c1-9-4-11(5-10(2)14(9)15)18-21(19,20)13-6-12(7-16-3)17-8-13/h4-6,8,16-18H,7H2,1-3H3. The van der Waals surface area contributed by atoms with Gasteiger partial charge in [-0.3, -0.25) is 4.72 Å². The number of sulfonamides is 1. The fraction of sp³-hybridized carbons (Fsp3) is 0.286. The maximum Gasteiger partial charge on any atom is 0.263 e. The van der Waals surface area contributed by atoms with Gasteiger partial charge in [-0.15, -0.1) is 0 Å². The Kier molecular flexibility index (Phi) is 4.75. The van der Waals surface area contributed by atoms with Crippen molar-refractivity contribution < 1.29 is 8.42 Å². The summed E-state index contributed by atoms with van der Waals surface area (Å²) in [5.74, 6) is 0. The molecule has 0 spiro atoms. The molecule has 0 atom stereocenters. The highest BCUT2D eigenvalue weighted by atomic mass is 79.9. The molecule has 0 aliphatic heterocycles. The Morgan fingerprint density at radius 3 is 2.38 bits per heavy atom. The first-order chi connectivity index (χ1) is 9.83. The Bertz CT molecular complexity index is 730. The quantitative estimate of drug-likeness (QED) is 0.756. The summed E-state index contributed by atoms with van der Waals surface area (Å²) in [5.41, 5.74) is 3.35. The maximum absolute atomic E-state index is 12.4. The second-order valence-electron chi connectivity index (χ2n) is 4.92. The van der Waals surface area contributed by atoms with Crippen molar-refractivity contribution in [1.29, 1.82) is 0 Å². The highest BCUT2D eigenvalue weighted by Crippen LogP contribution is 2.26. The number of hydrogen-bond donors (Lipinski definition) is 3.